The zero-order valence-corrected chi connectivity index (χ0v) is 5.70. The Morgan fingerprint density at radius 2 is 2.40 bits per heavy atom. The molecule has 1 heterocycles. The van der Waals surface area contributed by atoms with Gasteiger partial charge in [0.15, 0.2) is 5.71 Å². The van der Waals surface area contributed by atoms with Crippen molar-refractivity contribution in [3.63, 3.8) is 0 Å². The molecular weight excluding hydrogens is 128 g/mol. The molecule has 4 nitrogen and oxygen atoms in total. The highest BCUT2D eigenvalue weighted by Gasteiger charge is 2.04. The predicted octanol–water partition coefficient (Wildman–Crippen LogP) is -1.37. The molecular formula is C6H9N4+. The third-order valence-corrected chi connectivity index (χ3v) is 1.17. The lowest BCUT2D eigenvalue weighted by atomic mass is 10.2. The Bertz CT molecular complexity index is 256. The summed E-state index contributed by atoms with van der Waals surface area (Å²) in [6.45, 7) is 1.76. The van der Waals surface area contributed by atoms with E-state index in [1.165, 1.54) is 6.33 Å². The van der Waals surface area contributed by atoms with Gasteiger partial charge in [-0.2, -0.15) is 0 Å². The van der Waals surface area contributed by atoms with E-state index in [1.54, 1.807) is 13.1 Å². The average Bonchev–Trinajstić information content (AvgIpc) is 1.88. The molecule has 0 amide bonds. The van der Waals surface area contributed by atoms with E-state index in [1.807, 2.05) is 0 Å². The van der Waals surface area contributed by atoms with E-state index in [2.05, 4.69) is 9.97 Å². The van der Waals surface area contributed by atoms with Gasteiger partial charge >= 0.3 is 0 Å². The minimum Gasteiger partial charge on any atom is -0.383 e. The van der Waals surface area contributed by atoms with Crippen LogP contribution in [-0.2, 0) is 0 Å². The van der Waals surface area contributed by atoms with Crippen LogP contribution in [0.4, 0.5) is 5.82 Å². The van der Waals surface area contributed by atoms with E-state index in [0.717, 1.165) is 0 Å². The fourth-order valence-electron chi connectivity index (χ4n) is 0.643. The van der Waals surface area contributed by atoms with Crippen molar-refractivity contribution in [3.05, 3.63) is 18.1 Å². The minimum absolute atomic E-state index is 0.426. The second kappa shape index (κ2) is 2.43. The summed E-state index contributed by atoms with van der Waals surface area (Å²) in [7, 11) is 0. The van der Waals surface area contributed by atoms with E-state index in [0.29, 0.717) is 17.1 Å². The van der Waals surface area contributed by atoms with E-state index in [9.17, 15) is 0 Å². The van der Waals surface area contributed by atoms with Gasteiger partial charge in [-0.3, -0.25) is 5.41 Å². The van der Waals surface area contributed by atoms with Crippen LogP contribution in [-0.4, -0.2) is 15.7 Å². The van der Waals surface area contributed by atoms with E-state index in [-0.39, 0.29) is 0 Å². The molecule has 1 aromatic rings. The topological polar surface area (TPSA) is 77.4 Å². The van der Waals surface area contributed by atoms with Crippen LogP contribution in [0.25, 0.3) is 0 Å². The second-order valence-corrected chi connectivity index (χ2v) is 2.00. The zero-order chi connectivity index (χ0) is 7.56. The molecule has 1 rings (SSSR count). The lowest BCUT2D eigenvalue weighted by molar-refractivity contribution is -0.113. The van der Waals surface area contributed by atoms with Gasteiger partial charge in [-0.1, -0.05) is 0 Å². The maximum atomic E-state index is 5.47. The van der Waals surface area contributed by atoms with Crippen molar-refractivity contribution in [3.8, 4) is 0 Å². The molecule has 1 aromatic heterocycles. The van der Waals surface area contributed by atoms with Gasteiger partial charge in [0, 0.05) is 13.1 Å². The molecule has 10 heavy (non-hydrogen) atoms. The first-order chi connectivity index (χ1) is 4.72. The smallest absolute Gasteiger partial charge is 0.182 e. The monoisotopic (exact) mass is 137 g/mol. The molecule has 4 heteroatoms. The van der Waals surface area contributed by atoms with Crippen molar-refractivity contribution < 1.29 is 5.41 Å². The molecule has 52 valence electrons. The molecule has 0 aliphatic heterocycles. The molecule has 0 aliphatic carbocycles. The molecule has 0 bridgehead atoms. The number of rotatable bonds is 1. The van der Waals surface area contributed by atoms with Crippen LogP contribution < -0.4 is 11.1 Å². The van der Waals surface area contributed by atoms with Gasteiger partial charge in [-0.25, -0.2) is 9.97 Å². The van der Waals surface area contributed by atoms with Gasteiger partial charge in [0.05, 0.1) is 0 Å². The van der Waals surface area contributed by atoms with E-state index < -0.39 is 0 Å². The van der Waals surface area contributed by atoms with Gasteiger partial charge in [-0.05, 0) is 0 Å². The number of nitrogen functional groups attached to an aromatic ring is 1. The standard InChI is InChI=1S/C6H8N4/c1-4(7)5-2-9-3-10-6(5)8/h2-3,7H,1H3,(H2,8,9,10)/p+1. The highest BCUT2D eigenvalue weighted by molar-refractivity contribution is 5.97. The molecule has 0 saturated carbocycles. The van der Waals surface area contributed by atoms with Gasteiger partial charge in [-0.15, -0.1) is 0 Å². The molecule has 0 saturated heterocycles. The molecule has 0 atom stereocenters. The lowest BCUT2D eigenvalue weighted by Gasteiger charge is -1.94. The Labute approximate surface area is 58.6 Å². The number of hydrogen-bond donors (Lipinski definition) is 2. The normalized spacial score (nSPS) is 9.30. The first-order valence-electron chi connectivity index (χ1n) is 2.86. The summed E-state index contributed by atoms with van der Waals surface area (Å²) in [5, 5.41) is 5.47. The molecule has 0 aliphatic rings. The Morgan fingerprint density at radius 3 is 2.80 bits per heavy atom. The molecule has 0 aromatic carbocycles. The largest absolute Gasteiger partial charge is 0.383 e. The Morgan fingerprint density at radius 1 is 1.70 bits per heavy atom. The summed E-state index contributed by atoms with van der Waals surface area (Å²) in [5.41, 5.74) is 6.82. The number of nitrogens with two attached hydrogens (primary N) is 2. The van der Waals surface area contributed by atoms with Crippen molar-refractivity contribution in [2.75, 3.05) is 5.73 Å². The van der Waals surface area contributed by atoms with E-state index in [4.69, 9.17) is 11.1 Å². The summed E-state index contributed by atoms with van der Waals surface area (Å²) in [6.07, 6.45) is 2.99. The molecule has 0 unspecified atom stereocenters. The third kappa shape index (κ3) is 1.10. The molecule has 0 fully saturated rings. The fraction of sp³-hybridized carbons (Fsp3) is 0.167. The lowest BCUT2D eigenvalue weighted by Crippen LogP contribution is -2.38. The van der Waals surface area contributed by atoms with Gasteiger partial charge in [0.25, 0.3) is 0 Å². The van der Waals surface area contributed by atoms with Gasteiger partial charge in [0.1, 0.15) is 17.7 Å². The first-order valence-corrected chi connectivity index (χ1v) is 2.86. The Balaban J connectivity index is 3.15. The quantitative estimate of drug-likeness (QED) is 0.469. The second-order valence-electron chi connectivity index (χ2n) is 2.00. The summed E-state index contributed by atoms with van der Waals surface area (Å²) in [4.78, 5) is 7.54. The average molecular weight is 137 g/mol. The Hall–Kier alpha value is -1.45. The molecule has 4 N–H and O–H groups in total. The predicted molar refractivity (Wildman–Crippen MR) is 38.2 cm³/mol. The van der Waals surface area contributed by atoms with Crippen LogP contribution in [0.2, 0.25) is 0 Å². The van der Waals surface area contributed by atoms with Crippen LogP contribution >= 0.6 is 0 Å². The van der Waals surface area contributed by atoms with Crippen LogP contribution in [0.1, 0.15) is 12.5 Å². The van der Waals surface area contributed by atoms with Crippen molar-refractivity contribution >= 4 is 11.5 Å². The summed E-state index contributed by atoms with van der Waals surface area (Å²) in [5.74, 6) is 0.426. The van der Waals surface area contributed by atoms with Crippen molar-refractivity contribution in [2.45, 2.75) is 6.92 Å². The maximum absolute atomic E-state index is 5.47. The first kappa shape index (κ1) is 6.67. The van der Waals surface area contributed by atoms with Crippen LogP contribution in [0.5, 0.6) is 0 Å². The summed E-state index contributed by atoms with van der Waals surface area (Å²) >= 11 is 0. The number of aromatic nitrogens is 2. The Kier molecular flexibility index (Phi) is 1.62. The van der Waals surface area contributed by atoms with Gasteiger partial charge in [0.2, 0.25) is 0 Å². The fourth-order valence-corrected chi connectivity index (χ4v) is 0.643. The van der Waals surface area contributed by atoms with Crippen LogP contribution in [0.3, 0.4) is 0 Å². The molecule has 0 spiro atoms. The number of anilines is 1. The zero-order valence-electron chi connectivity index (χ0n) is 5.70. The van der Waals surface area contributed by atoms with Gasteiger partial charge < -0.3 is 5.73 Å². The third-order valence-electron chi connectivity index (χ3n) is 1.17. The van der Waals surface area contributed by atoms with Crippen molar-refractivity contribution in [2.24, 2.45) is 0 Å². The highest BCUT2D eigenvalue weighted by atomic mass is 14.9. The summed E-state index contributed by atoms with van der Waals surface area (Å²) in [6, 6.07) is 0. The van der Waals surface area contributed by atoms with E-state index >= 15 is 0 Å². The maximum Gasteiger partial charge on any atom is 0.182 e. The SMILES string of the molecule is CC(=[NH2+])c1cncnc1N. The minimum atomic E-state index is 0.426. The summed E-state index contributed by atoms with van der Waals surface area (Å²) < 4.78 is 0. The number of hydrogen-bond acceptors (Lipinski definition) is 3. The van der Waals surface area contributed by atoms with Crippen molar-refractivity contribution in [1.82, 2.24) is 9.97 Å². The highest BCUT2D eigenvalue weighted by Crippen LogP contribution is 2.02. The molecule has 0 radical (unpaired) electrons. The number of nitrogens with zero attached hydrogens (tertiary/aromatic N) is 2. The van der Waals surface area contributed by atoms with Crippen LogP contribution in [0, 0.1) is 0 Å². The van der Waals surface area contributed by atoms with Crippen LogP contribution in [0.15, 0.2) is 12.5 Å². The van der Waals surface area contributed by atoms with Crippen molar-refractivity contribution in [1.29, 1.82) is 0 Å².